The zero-order valence-corrected chi connectivity index (χ0v) is 12.5. The van der Waals surface area contributed by atoms with Crippen LogP contribution >= 0.6 is 0 Å². The number of nitro benzene ring substituents is 1. The Kier molecular flexibility index (Phi) is 4.41. The summed E-state index contributed by atoms with van der Waals surface area (Å²) in [6, 6.07) is 9.29. The summed E-state index contributed by atoms with van der Waals surface area (Å²) in [5, 5.41) is 10.8. The quantitative estimate of drug-likeness (QED) is 0.374. The van der Waals surface area contributed by atoms with E-state index in [1.165, 1.54) is 25.3 Å². The SMILES string of the molecule is COc1cc(C)ccc1OC(=O)c1ccc([N+](=O)[O-])c(C)c1. The summed E-state index contributed by atoms with van der Waals surface area (Å²) in [4.78, 5) is 22.4. The van der Waals surface area contributed by atoms with Gasteiger partial charge in [0, 0.05) is 11.6 Å². The van der Waals surface area contributed by atoms with Crippen molar-refractivity contribution in [3.63, 3.8) is 0 Å². The van der Waals surface area contributed by atoms with Gasteiger partial charge in [-0.05, 0) is 43.7 Å². The van der Waals surface area contributed by atoms with E-state index in [-0.39, 0.29) is 11.3 Å². The van der Waals surface area contributed by atoms with Gasteiger partial charge in [-0.25, -0.2) is 4.79 Å². The zero-order chi connectivity index (χ0) is 16.3. The molecule has 0 radical (unpaired) electrons. The van der Waals surface area contributed by atoms with Crippen molar-refractivity contribution in [3.05, 3.63) is 63.2 Å². The number of methoxy groups -OCH3 is 1. The topological polar surface area (TPSA) is 78.7 Å². The Bertz CT molecular complexity index is 739. The van der Waals surface area contributed by atoms with Crippen molar-refractivity contribution in [3.8, 4) is 11.5 Å². The highest BCUT2D eigenvalue weighted by Gasteiger charge is 2.16. The predicted molar refractivity (Wildman–Crippen MR) is 80.5 cm³/mol. The van der Waals surface area contributed by atoms with Gasteiger partial charge in [-0.2, -0.15) is 0 Å². The molecular weight excluding hydrogens is 286 g/mol. The number of benzene rings is 2. The van der Waals surface area contributed by atoms with E-state index in [1.54, 1.807) is 25.1 Å². The molecule has 0 saturated carbocycles. The Morgan fingerprint density at radius 3 is 2.41 bits per heavy atom. The molecule has 114 valence electrons. The summed E-state index contributed by atoms with van der Waals surface area (Å²) in [7, 11) is 1.49. The predicted octanol–water partition coefficient (Wildman–Crippen LogP) is 3.44. The second-order valence-electron chi connectivity index (χ2n) is 4.80. The van der Waals surface area contributed by atoms with E-state index in [9.17, 15) is 14.9 Å². The molecule has 0 aliphatic carbocycles. The molecule has 0 amide bonds. The van der Waals surface area contributed by atoms with Gasteiger partial charge in [-0.1, -0.05) is 6.07 Å². The maximum atomic E-state index is 12.2. The van der Waals surface area contributed by atoms with Crippen LogP contribution in [0.3, 0.4) is 0 Å². The smallest absolute Gasteiger partial charge is 0.343 e. The fourth-order valence-electron chi connectivity index (χ4n) is 2.01. The lowest BCUT2D eigenvalue weighted by molar-refractivity contribution is -0.385. The van der Waals surface area contributed by atoms with E-state index in [2.05, 4.69) is 0 Å². The average Bonchev–Trinajstić information content (AvgIpc) is 2.48. The van der Waals surface area contributed by atoms with Crippen LogP contribution in [0.15, 0.2) is 36.4 Å². The summed E-state index contributed by atoms with van der Waals surface area (Å²) >= 11 is 0. The van der Waals surface area contributed by atoms with Crippen molar-refractivity contribution in [2.75, 3.05) is 7.11 Å². The Labute approximate surface area is 127 Å². The number of carbonyl (C=O) groups excluding carboxylic acids is 1. The van der Waals surface area contributed by atoms with E-state index in [0.29, 0.717) is 17.1 Å². The number of rotatable bonds is 4. The molecule has 0 spiro atoms. The number of aryl methyl sites for hydroxylation is 2. The summed E-state index contributed by atoms with van der Waals surface area (Å²) in [5.41, 5.74) is 1.58. The molecule has 0 aliphatic rings. The first-order valence-corrected chi connectivity index (χ1v) is 6.54. The van der Waals surface area contributed by atoms with Crippen molar-refractivity contribution in [2.45, 2.75) is 13.8 Å². The molecule has 2 aromatic carbocycles. The molecule has 6 nitrogen and oxygen atoms in total. The molecule has 0 heterocycles. The second-order valence-corrected chi connectivity index (χ2v) is 4.80. The highest BCUT2D eigenvalue weighted by molar-refractivity contribution is 5.92. The summed E-state index contributed by atoms with van der Waals surface area (Å²) in [5.74, 6) is 0.154. The van der Waals surface area contributed by atoms with Crippen LogP contribution in [0.4, 0.5) is 5.69 Å². The van der Waals surface area contributed by atoms with Gasteiger partial charge < -0.3 is 9.47 Å². The van der Waals surface area contributed by atoms with Crippen molar-refractivity contribution in [2.24, 2.45) is 0 Å². The van der Waals surface area contributed by atoms with Crippen LogP contribution in [0.2, 0.25) is 0 Å². The van der Waals surface area contributed by atoms with Crippen LogP contribution < -0.4 is 9.47 Å². The third kappa shape index (κ3) is 3.22. The summed E-state index contributed by atoms with van der Waals surface area (Å²) in [6.07, 6.45) is 0. The third-order valence-electron chi connectivity index (χ3n) is 3.15. The lowest BCUT2D eigenvalue weighted by Gasteiger charge is -2.10. The molecule has 0 atom stereocenters. The maximum absolute atomic E-state index is 12.2. The highest BCUT2D eigenvalue weighted by Crippen LogP contribution is 2.29. The lowest BCUT2D eigenvalue weighted by Crippen LogP contribution is -2.10. The molecule has 0 aromatic heterocycles. The Morgan fingerprint density at radius 1 is 1.09 bits per heavy atom. The fourth-order valence-corrected chi connectivity index (χ4v) is 2.01. The van der Waals surface area contributed by atoms with Gasteiger partial charge in [0.15, 0.2) is 11.5 Å². The first-order chi connectivity index (χ1) is 10.4. The van der Waals surface area contributed by atoms with Crippen LogP contribution in [-0.4, -0.2) is 18.0 Å². The first-order valence-electron chi connectivity index (χ1n) is 6.54. The van der Waals surface area contributed by atoms with Crippen LogP contribution in [0.5, 0.6) is 11.5 Å². The Balaban J connectivity index is 2.26. The highest BCUT2D eigenvalue weighted by atomic mass is 16.6. The van der Waals surface area contributed by atoms with Crippen molar-refractivity contribution >= 4 is 11.7 Å². The fraction of sp³-hybridized carbons (Fsp3) is 0.188. The number of hydrogen-bond acceptors (Lipinski definition) is 5. The zero-order valence-electron chi connectivity index (χ0n) is 12.5. The number of hydrogen-bond donors (Lipinski definition) is 0. The molecule has 0 unspecified atom stereocenters. The first kappa shape index (κ1) is 15.5. The molecular formula is C16H15NO5. The maximum Gasteiger partial charge on any atom is 0.343 e. The molecule has 0 bridgehead atoms. The largest absolute Gasteiger partial charge is 0.493 e. The monoisotopic (exact) mass is 301 g/mol. The second kappa shape index (κ2) is 6.26. The number of nitro groups is 1. The van der Waals surface area contributed by atoms with Gasteiger partial charge in [-0.15, -0.1) is 0 Å². The van der Waals surface area contributed by atoms with E-state index in [4.69, 9.17) is 9.47 Å². The van der Waals surface area contributed by atoms with Crippen molar-refractivity contribution in [1.29, 1.82) is 0 Å². The number of esters is 1. The number of carbonyl (C=O) groups is 1. The Morgan fingerprint density at radius 2 is 1.82 bits per heavy atom. The van der Waals surface area contributed by atoms with E-state index < -0.39 is 10.9 Å². The van der Waals surface area contributed by atoms with Crippen LogP contribution in [-0.2, 0) is 0 Å². The minimum Gasteiger partial charge on any atom is -0.493 e. The molecule has 0 saturated heterocycles. The van der Waals surface area contributed by atoms with Crippen LogP contribution in [0.25, 0.3) is 0 Å². The number of ether oxygens (including phenoxy) is 2. The molecule has 6 heteroatoms. The molecule has 22 heavy (non-hydrogen) atoms. The average molecular weight is 301 g/mol. The molecule has 0 N–H and O–H groups in total. The normalized spacial score (nSPS) is 10.1. The van der Waals surface area contributed by atoms with Gasteiger partial charge in [-0.3, -0.25) is 10.1 Å². The minimum atomic E-state index is -0.597. The lowest BCUT2D eigenvalue weighted by atomic mass is 10.1. The van der Waals surface area contributed by atoms with E-state index in [1.807, 2.05) is 6.92 Å². The minimum absolute atomic E-state index is 0.0375. The van der Waals surface area contributed by atoms with Gasteiger partial charge in [0.1, 0.15) is 0 Å². The standard InChI is InChI=1S/C16H15NO5/c1-10-4-7-14(15(8-10)21-3)22-16(18)12-5-6-13(17(19)20)11(2)9-12/h4-9H,1-3H3. The van der Waals surface area contributed by atoms with Gasteiger partial charge >= 0.3 is 5.97 Å². The van der Waals surface area contributed by atoms with Crippen LogP contribution in [0.1, 0.15) is 21.5 Å². The summed E-state index contributed by atoms with van der Waals surface area (Å²) in [6.45, 7) is 3.47. The van der Waals surface area contributed by atoms with Crippen molar-refractivity contribution < 1.29 is 19.2 Å². The van der Waals surface area contributed by atoms with Crippen LogP contribution in [0, 0.1) is 24.0 Å². The van der Waals surface area contributed by atoms with Gasteiger partial charge in [0.2, 0.25) is 0 Å². The third-order valence-corrected chi connectivity index (χ3v) is 3.15. The van der Waals surface area contributed by atoms with Gasteiger partial charge in [0.25, 0.3) is 5.69 Å². The molecule has 2 aromatic rings. The molecule has 0 aliphatic heterocycles. The molecule has 2 rings (SSSR count). The van der Waals surface area contributed by atoms with Gasteiger partial charge in [0.05, 0.1) is 17.6 Å². The summed E-state index contributed by atoms with van der Waals surface area (Å²) < 4.78 is 10.5. The molecule has 0 fully saturated rings. The Hall–Kier alpha value is -2.89. The van der Waals surface area contributed by atoms with E-state index >= 15 is 0 Å². The van der Waals surface area contributed by atoms with E-state index in [0.717, 1.165) is 5.56 Å². The number of nitrogens with zero attached hydrogens (tertiary/aromatic N) is 1. The van der Waals surface area contributed by atoms with Crippen molar-refractivity contribution in [1.82, 2.24) is 0 Å².